The zero-order valence-corrected chi connectivity index (χ0v) is 22.8. The number of hydrogen-bond donors (Lipinski definition) is 0. The highest BCUT2D eigenvalue weighted by Gasteiger charge is 2.61. The molecule has 6 heteroatoms. The van der Waals surface area contributed by atoms with E-state index in [9.17, 15) is 14.9 Å². The van der Waals surface area contributed by atoms with Gasteiger partial charge in [-0.05, 0) is 84.9 Å². The maximum absolute atomic E-state index is 12.3. The third-order valence-corrected chi connectivity index (χ3v) is 11.0. The summed E-state index contributed by atoms with van der Waals surface area (Å²) in [6, 6.07) is 0. The van der Waals surface area contributed by atoms with Crippen molar-refractivity contribution in [2.75, 3.05) is 7.11 Å². The van der Waals surface area contributed by atoms with Crippen LogP contribution in [0.15, 0.2) is 11.3 Å². The molecule has 0 saturated heterocycles. The SMILES string of the molecule is COC(=O)O[C@@H]1CC[C@]2(C)C(=C([N+](=O)[O-])C[C@H]3[C@@H]4CC[C@@H]([C@@H](C)CCCC(C)C)[C@@]4(C)CC[C@@H]32)C1. The summed E-state index contributed by atoms with van der Waals surface area (Å²) in [5.74, 6) is 3.70. The molecule has 0 heterocycles. The third-order valence-electron chi connectivity index (χ3n) is 11.0. The lowest BCUT2D eigenvalue weighted by molar-refractivity contribution is -0.434. The molecule has 0 radical (unpaired) electrons. The summed E-state index contributed by atoms with van der Waals surface area (Å²) in [6.07, 6.45) is 10.5. The van der Waals surface area contributed by atoms with Crippen molar-refractivity contribution in [2.45, 2.75) is 111 Å². The summed E-state index contributed by atoms with van der Waals surface area (Å²) in [4.78, 5) is 23.9. The quantitative estimate of drug-likeness (QED) is 0.207. The second-order valence-electron chi connectivity index (χ2n) is 13.1. The molecule has 0 aliphatic heterocycles. The van der Waals surface area contributed by atoms with Crippen molar-refractivity contribution in [1.82, 2.24) is 0 Å². The summed E-state index contributed by atoms with van der Waals surface area (Å²) in [6.45, 7) is 11.9. The standard InChI is InChI=1S/C29H47NO5/c1-18(2)8-7-9-19(3)22-10-11-23-21-17-26(30(32)33)25-16-20(35-27(31)34-6)12-14-29(25,5)24(21)13-15-28(22,23)4/h18-24H,7-17H2,1-6H3/t19-,20+,21-,22-,23-,24-,28+,29-/m0/s1. The monoisotopic (exact) mass is 489 g/mol. The Morgan fingerprint density at radius 3 is 2.46 bits per heavy atom. The van der Waals surface area contributed by atoms with Crippen LogP contribution in [0.5, 0.6) is 0 Å². The number of ether oxygens (including phenoxy) is 2. The van der Waals surface area contributed by atoms with Crippen molar-refractivity contribution in [2.24, 2.45) is 46.3 Å². The lowest BCUT2D eigenvalue weighted by Gasteiger charge is -2.58. The molecule has 3 saturated carbocycles. The van der Waals surface area contributed by atoms with E-state index >= 15 is 0 Å². The summed E-state index contributed by atoms with van der Waals surface area (Å²) >= 11 is 0. The van der Waals surface area contributed by atoms with Crippen molar-refractivity contribution in [1.29, 1.82) is 0 Å². The Morgan fingerprint density at radius 2 is 1.80 bits per heavy atom. The van der Waals surface area contributed by atoms with Crippen LogP contribution in [0, 0.1) is 56.5 Å². The van der Waals surface area contributed by atoms with E-state index in [0.29, 0.717) is 41.7 Å². The van der Waals surface area contributed by atoms with E-state index in [-0.39, 0.29) is 16.4 Å². The molecule has 4 rings (SSSR count). The molecular weight excluding hydrogens is 442 g/mol. The fourth-order valence-electron chi connectivity index (χ4n) is 9.23. The maximum Gasteiger partial charge on any atom is 0.508 e. The van der Waals surface area contributed by atoms with E-state index in [0.717, 1.165) is 36.2 Å². The van der Waals surface area contributed by atoms with E-state index < -0.39 is 6.16 Å². The van der Waals surface area contributed by atoms with Crippen LogP contribution in [0.4, 0.5) is 4.79 Å². The van der Waals surface area contributed by atoms with Gasteiger partial charge in [-0.3, -0.25) is 10.1 Å². The topological polar surface area (TPSA) is 78.7 Å². The van der Waals surface area contributed by atoms with Crippen LogP contribution in [0.1, 0.15) is 105 Å². The summed E-state index contributed by atoms with van der Waals surface area (Å²) in [7, 11) is 1.31. The van der Waals surface area contributed by atoms with Gasteiger partial charge in [-0.25, -0.2) is 4.79 Å². The first-order valence-electron chi connectivity index (χ1n) is 14.1. The molecule has 3 fully saturated rings. The highest BCUT2D eigenvalue weighted by atomic mass is 16.7. The first-order valence-corrected chi connectivity index (χ1v) is 14.1. The number of methoxy groups -OCH3 is 1. The number of nitro groups is 1. The largest absolute Gasteiger partial charge is 0.508 e. The van der Waals surface area contributed by atoms with E-state index in [4.69, 9.17) is 4.74 Å². The normalized spacial score (nSPS) is 39.5. The molecule has 0 aromatic carbocycles. The fraction of sp³-hybridized carbons (Fsp3) is 0.897. The molecule has 0 aromatic heterocycles. The number of hydrogen-bond acceptors (Lipinski definition) is 5. The minimum Gasteiger partial charge on any atom is -0.438 e. The predicted molar refractivity (Wildman–Crippen MR) is 136 cm³/mol. The van der Waals surface area contributed by atoms with Crippen molar-refractivity contribution in [3.8, 4) is 0 Å². The fourth-order valence-corrected chi connectivity index (χ4v) is 9.23. The number of nitrogens with zero attached hydrogens (tertiary/aromatic N) is 1. The average molecular weight is 490 g/mol. The van der Waals surface area contributed by atoms with Gasteiger partial charge in [0.25, 0.3) is 0 Å². The highest BCUT2D eigenvalue weighted by molar-refractivity contribution is 5.60. The minimum absolute atomic E-state index is 0.114. The molecule has 4 aliphatic carbocycles. The van der Waals surface area contributed by atoms with Crippen molar-refractivity contribution in [3.05, 3.63) is 21.4 Å². The first kappa shape index (κ1) is 26.5. The van der Waals surface area contributed by atoms with E-state index in [1.807, 2.05) is 0 Å². The Balaban J connectivity index is 1.57. The van der Waals surface area contributed by atoms with E-state index in [2.05, 4.69) is 39.4 Å². The van der Waals surface area contributed by atoms with Crippen LogP contribution in [-0.2, 0) is 9.47 Å². The second kappa shape index (κ2) is 10.0. The van der Waals surface area contributed by atoms with Gasteiger partial charge in [0.1, 0.15) is 6.10 Å². The minimum atomic E-state index is -0.691. The summed E-state index contributed by atoms with van der Waals surface area (Å²) in [5, 5.41) is 12.3. The van der Waals surface area contributed by atoms with Crippen LogP contribution < -0.4 is 0 Å². The van der Waals surface area contributed by atoms with E-state index in [1.165, 1.54) is 52.1 Å². The van der Waals surface area contributed by atoms with Crippen molar-refractivity contribution in [3.63, 3.8) is 0 Å². The van der Waals surface area contributed by atoms with Gasteiger partial charge in [-0.15, -0.1) is 0 Å². The van der Waals surface area contributed by atoms with Gasteiger partial charge in [0.2, 0.25) is 5.70 Å². The lowest BCUT2D eigenvalue weighted by Crippen LogP contribution is -2.52. The molecule has 0 N–H and O–H groups in total. The Labute approximate surface area is 211 Å². The maximum atomic E-state index is 12.3. The van der Waals surface area contributed by atoms with Gasteiger partial charge < -0.3 is 9.47 Å². The lowest BCUT2D eigenvalue weighted by atomic mass is 9.46. The van der Waals surface area contributed by atoms with Crippen LogP contribution in [0.3, 0.4) is 0 Å². The number of carbonyl (C=O) groups excluding carboxylic acids is 1. The van der Waals surface area contributed by atoms with Crippen LogP contribution in [-0.4, -0.2) is 24.3 Å². The predicted octanol–water partition coefficient (Wildman–Crippen LogP) is 7.78. The summed E-state index contributed by atoms with van der Waals surface area (Å²) < 4.78 is 10.1. The molecule has 0 aromatic rings. The van der Waals surface area contributed by atoms with Crippen molar-refractivity contribution >= 4 is 6.16 Å². The molecule has 6 nitrogen and oxygen atoms in total. The highest BCUT2D eigenvalue weighted by Crippen LogP contribution is 2.68. The average Bonchev–Trinajstić information content (AvgIpc) is 3.15. The molecule has 0 unspecified atom stereocenters. The molecule has 35 heavy (non-hydrogen) atoms. The van der Waals surface area contributed by atoms with Gasteiger partial charge in [-0.2, -0.15) is 0 Å². The van der Waals surface area contributed by atoms with Gasteiger partial charge >= 0.3 is 6.16 Å². The Bertz CT molecular complexity index is 852. The number of rotatable bonds is 7. The molecule has 0 amide bonds. The van der Waals surface area contributed by atoms with Gasteiger partial charge in [0.05, 0.1) is 12.0 Å². The molecule has 198 valence electrons. The third kappa shape index (κ3) is 4.75. The number of fused-ring (bicyclic) bond motifs is 5. The molecule has 0 spiro atoms. The smallest absolute Gasteiger partial charge is 0.438 e. The van der Waals surface area contributed by atoms with Gasteiger partial charge in [-0.1, -0.05) is 53.9 Å². The Kier molecular flexibility index (Phi) is 7.60. The van der Waals surface area contributed by atoms with Crippen molar-refractivity contribution < 1.29 is 19.2 Å². The van der Waals surface area contributed by atoms with Crippen LogP contribution in [0.25, 0.3) is 0 Å². The zero-order chi connectivity index (χ0) is 25.5. The zero-order valence-electron chi connectivity index (χ0n) is 22.8. The Hall–Kier alpha value is -1.59. The van der Waals surface area contributed by atoms with E-state index in [1.54, 1.807) is 0 Å². The van der Waals surface area contributed by atoms with Crippen LogP contribution in [0.2, 0.25) is 0 Å². The summed E-state index contributed by atoms with van der Waals surface area (Å²) in [5.41, 5.74) is 1.51. The van der Waals surface area contributed by atoms with Crippen LogP contribution >= 0.6 is 0 Å². The van der Waals surface area contributed by atoms with Gasteiger partial charge in [0, 0.05) is 18.4 Å². The second-order valence-corrected chi connectivity index (χ2v) is 13.1. The molecular formula is C29H47NO5. The molecule has 8 atom stereocenters. The molecule has 0 bridgehead atoms. The van der Waals surface area contributed by atoms with Gasteiger partial charge in [0.15, 0.2) is 0 Å². The molecule has 4 aliphatic rings. The number of allylic oxidation sites excluding steroid dienone is 1. The number of carbonyl (C=O) groups is 1. The Morgan fingerprint density at radius 1 is 1.06 bits per heavy atom. The first-order chi connectivity index (χ1) is 16.5.